The van der Waals surface area contributed by atoms with Crippen LogP contribution >= 0.6 is 0 Å². The standard InChI is InChI=1S/C15H13NO4/c1-7(17)5-9-8-3-2-4-11-12(8)15(14(19)16-11)6-10(9)13(18)20-15/h2-4,9-10H,5-6H2,1H3,(H,16,19)/t9-,10?,15+/m1/s1. The Kier molecular flexibility index (Phi) is 2.02. The minimum Gasteiger partial charge on any atom is -0.444 e. The summed E-state index contributed by atoms with van der Waals surface area (Å²) in [7, 11) is 0. The molecule has 1 saturated heterocycles. The highest BCUT2D eigenvalue weighted by atomic mass is 16.6. The van der Waals surface area contributed by atoms with Crippen molar-refractivity contribution < 1.29 is 19.1 Å². The highest BCUT2D eigenvalue weighted by Crippen LogP contribution is 2.58. The molecule has 5 nitrogen and oxygen atoms in total. The van der Waals surface area contributed by atoms with Gasteiger partial charge in [-0.3, -0.25) is 9.59 Å². The summed E-state index contributed by atoms with van der Waals surface area (Å²) in [6.45, 7) is 1.52. The van der Waals surface area contributed by atoms with Gasteiger partial charge >= 0.3 is 5.97 Å². The van der Waals surface area contributed by atoms with E-state index in [4.69, 9.17) is 4.74 Å². The zero-order valence-electron chi connectivity index (χ0n) is 10.9. The third-order valence-electron chi connectivity index (χ3n) is 4.59. The van der Waals surface area contributed by atoms with E-state index in [1.807, 2.05) is 18.2 Å². The highest BCUT2D eigenvalue weighted by Gasteiger charge is 2.63. The first-order valence-electron chi connectivity index (χ1n) is 6.70. The number of nitrogens with one attached hydrogen (secondary N) is 1. The minimum absolute atomic E-state index is 0.0390. The molecule has 1 fully saturated rings. The summed E-state index contributed by atoms with van der Waals surface area (Å²) in [6, 6.07) is 5.55. The van der Waals surface area contributed by atoms with E-state index in [0.29, 0.717) is 18.5 Å². The summed E-state index contributed by atoms with van der Waals surface area (Å²) in [6.07, 6.45) is 0.653. The zero-order chi connectivity index (χ0) is 14.1. The molecule has 2 aliphatic heterocycles. The summed E-state index contributed by atoms with van der Waals surface area (Å²) in [5.74, 6) is -1.17. The molecule has 3 atom stereocenters. The lowest BCUT2D eigenvalue weighted by Crippen LogP contribution is -2.37. The predicted molar refractivity (Wildman–Crippen MR) is 69.0 cm³/mol. The number of esters is 1. The van der Waals surface area contributed by atoms with Crippen molar-refractivity contribution in [3.63, 3.8) is 0 Å². The molecule has 102 valence electrons. The molecule has 1 aromatic carbocycles. The molecule has 1 spiro atoms. The first kappa shape index (κ1) is 11.6. The van der Waals surface area contributed by atoms with E-state index < -0.39 is 11.5 Å². The Morgan fingerprint density at radius 3 is 3.00 bits per heavy atom. The molecule has 3 aliphatic rings. The van der Waals surface area contributed by atoms with Crippen LogP contribution in [0.5, 0.6) is 0 Å². The Labute approximate surface area is 115 Å². The van der Waals surface area contributed by atoms with Crippen LogP contribution in [-0.2, 0) is 24.7 Å². The van der Waals surface area contributed by atoms with E-state index in [9.17, 15) is 14.4 Å². The van der Waals surface area contributed by atoms with E-state index in [0.717, 1.165) is 11.1 Å². The van der Waals surface area contributed by atoms with Crippen molar-refractivity contribution in [3.8, 4) is 0 Å². The van der Waals surface area contributed by atoms with Gasteiger partial charge in [0.2, 0.25) is 5.60 Å². The quantitative estimate of drug-likeness (QED) is 0.827. The van der Waals surface area contributed by atoms with Crippen LogP contribution in [0.15, 0.2) is 18.2 Å². The molecule has 2 heterocycles. The normalized spacial score (nSPS) is 32.6. The van der Waals surface area contributed by atoms with Gasteiger partial charge < -0.3 is 14.8 Å². The maximum atomic E-state index is 12.2. The smallest absolute Gasteiger partial charge is 0.311 e. The largest absolute Gasteiger partial charge is 0.444 e. The van der Waals surface area contributed by atoms with Gasteiger partial charge in [0, 0.05) is 30.0 Å². The van der Waals surface area contributed by atoms with Crippen LogP contribution in [0.2, 0.25) is 0 Å². The van der Waals surface area contributed by atoms with Crippen LogP contribution in [0.1, 0.15) is 36.8 Å². The van der Waals surface area contributed by atoms with Crippen LogP contribution < -0.4 is 5.32 Å². The molecule has 0 aromatic heterocycles. The maximum absolute atomic E-state index is 12.2. The number of hydrogen-bond acceptors (Lipinski definition) is 4. The van der Waals surface area contributed by atoms with Crippen molar-refractivity contribution in [2.45, 2.75) is 31.3 Å². The first-order chi connectivity index (χ1) is 9.53. The van der Waals surface area contributed by atoms with Crippen molar-refractivity contribution in [3.05, 3.63) is 29.3 Å². The molecule has 4 rings (SSSR count). The maximum Gasteiger partial charge on any atom is 0.311 e. The van der Waals surface area contributed by atoms with Gasteiger partial charge in [-0.25, -0.2) is 0 Å². The Balaban J connectivity index is 1.97. The SMILES string of the molecule is CC(=O)C[C@@H]1c2cccc3c2[C@@]2(CC1C(=O)O2)C(=O)N3. The van der Waals surface area contributed by atoms with Gasteiger partial charge in [0.15, 0.2) is 0 Å². The van der Waals surface area contributed by atoms with Crippen LogP contribution in [0.4, 0.5) is 5.69 Å². The molecule has 1 unspecified atom stereocenters. The van der Waals surface area contributed by atoms with Crippen molar-refractivity contribution in [1.29, 1.82) is 0 Å². The molecule has 20 heavy (non-hydrogen) atoms. The van der Waals surface area contributed by atoms with Crippen LogP contribution in [0, 0.1) is 5.92 Å². The molecule has 1 amide bonds. The van der Waals surface area contributed by atoms with Crippen molar-refractivity contribution in [2.24, 2.45) is 5.92 Å². The molecule has 1 N–H and O–H groups in total. The van der Waals surface area contributed by atoms with Gasteiger partial charge in [-0.2, -0.15) is 0 Å². The van der Waals surface area contributed by atoms with E-state index in [1.54, 1.807) is 0 Å². The Hall–Kier alpha value is -2.17. The summed E-state index contributed by atoms with van der Waals surface area (Å²) in [4.78, 5) is 35.9. The second-order valence-electron chi connectivity index (χ2n) is 5.80. The zero-order valence-corrected chi connectivity index (χ0v) is 10.9. The molecule has 2 bridgehead atoms. The number of amides is 1. The van der Waals surface area contributed by atoms with E-state index in [1.165, 1.54) is 6.92 Å². The molecule has 0 radical (unpaired) electrons. The van der Waals surface area contributed by atoms with Crippen molar-refractivity contribution in [2.75, 3.05) is 5.32 Å². The van der Waals surface area contributed by atoms with Gasteiger partial charge in [0.1, 0.15) is 5.78 Å². The topological polar surface area (TPSA) is 72.5 Å². The number of Topliss-reactive ketones (excluding diaryl/α,β-unsaturated/α-hetero) is 1. The number of rotatable bonds is 2. The second-order valence-corrected chi connectivity index (χ2v) is 5.80. The Morgan fingerprint density at radius 1 is 1.45 bits per heavy atom. The monoisotopic (exact) mass is 271 g/mol. The number of carbonyl (C=O) groups excluding carboxylic acids is 3. The number of benzene rings is 1. The predicted octanol–water partition coefficient (Wildman–Crippen LogP) is 1.47. The lowest BCUT2D eigenvalue weighted by molar-refractivity contribution is -0.157. The molecule has 1 aliphatic carbocycles. The number of ketones is 1. The average molecular weight is 271 g/mol. The summed E-state index contributed by atoms with van der Waals surface area (Å²) in [5.41, 5.74) is 1.21. The van der Waals surface area contributed by atoms with Crippen LogP contribution in [0.25, 0.3) is 0 Å². The van der Waals surface area contributed by atoms with Gasteiger partial charge in [0.05, 0.1) is 5.92 Å². The van der Waals surface area contributed by atoms with Gasteiger partial charge in [-0.15, -0.1) is 0 Å². The highest BCUT2D eigenvalue weighted by molar-refractivity contribution is 6.09. The Morgan fingerprint density at radius 2 is 2.25 bits per heavy atom. The third-order valence-corrected chi connectivity index (χ3v) is 4.59. The minimum atomic E-state index is -1.15. The third kappa shape index (κ3) is 1.20. The number of carbonyl (C=O) groups is 3. The summed E-state index contributed by atoms with van der Waals surface area (Å²) < 4.78 is 5.46. The average Bonchev–Trinajstić information content (AvgIpc) is 2.83. The van der Waals surface area contributed by atoms with Gasteiger partial charge in [0.25, 0.3) is 5.91 Å². The lowest BCUT2D eigenvalue weighted by atomic mass is 9.69. The Bertz CT molecular complexity index is 680. The van der Waals surface area contributed by atoms with E-state index in [-0.39, 0.29) is 23.6 Å². The number of ether oxygens (including phenoxy) is 1. The van der Waals surface area contributed by atoms with Gasteiger partial charge in [-0.05, 0) is 18.6 Å². The first-order valence-corrected chi connectivity index (χ1v) is 6.70. The number of hydrogen-bond donors (Lipinski definition) is 1. The van der Waals surface area contributed by atoms with Gasteiger partial charge in [-0.1, -0.05) is 12.1 Å². The second kappa shape index (κ2) is 3.48. The van der Waals surface area contributed by atoms with E-state index in [2.05, 4.69) is 5.32 Å². The fourth-order valence-corrected chi connectivity index (χ4v) is 3.83. The molecular formula is C15H13NO4. The molecular weight excluding hydrogens is 258 g/mol. The number of fused-ring (bicyclic) bond motifs is 1. The van der Waals surface area contributed by atoms with E-state index >= 15 is 0 Å². The molecule has 0 saturated carbocycles. The summed E-state index contributed by atoms with van der Waals surface area (Å²) in [5, 5.41) is 2.79. The number of anilines is 1. The van der Waals surface area contributed by atoms with Crippen LogP contribution in [0.3, 0.4) is 0 Å². The molecule has 1 aromatic rings. The van der Waals surface area contributed by atoms with Crippen molar-refractivity contribution >= 4 is 23.3 Å². The summed E-state index contributed by atoms with van der Waals surface area (Å²) >= 11 is 0. The fraction of sp³-hybridized carbons (Fsp3) is 0.400. The molecule has 5 heteroatoms. The van der Waals surface area contributed by atoms with Crippen molar-refractivity contribution in [1.82, 2.24) is 0 Å². The van der Waals surface area contributed by atoms with Crippen LogP contribution in [-0.4, -0.2) is 17.7 Å². The fourth-order valence-electron chi connectivity index (χ4n) is 3.83. The lowest BCUT2D eigenvalue weighted by Gasteiger charge is -2.30.